The van der Waals surface area contributed by atoms with Gasteiger partial charge in [-0.1, -0.05) is 27.7 Å². The van der Waals surface area contributed by atoms with Crippen LogP contribution in [0.25, 0.3) is 11.3 Å². The van der Waals surface area contributed by atoms with Crippen molar-refractivity contribution in [2.24, 2.45) is 17.3 Å². The Morgan fingerprint density at radius 3 is 2.52 bits per heavy atom. The number of nitrogens with zero attached hydrogens (tertiary/aromatic N) is 2. The third-order valence-electron chi connectivity index (χ3n) is 9.27. The zero-order chi connectivity index (χ0) is 30.7. The fraction of sp³-hybridized carbons (Fsp3) is 0.529. The van der Waals surface area contributed by atoms with Gasteiger partial charge in [0.25, 0.3) is 0 Å². The first-order chi connectivity index (χ1) is 19.8. The summed E-state index contributed by atoms with van der Waals surface area (Å²) in [6, 6.07) is 7.15. The van der Waals surface area contributed by atoms with Gasteiger partial charge in [-0.3, -0.25) is 9.59 Å². The molecule has 1 N–H and O–H groups in total. The van der Waals surface area contributed by atoms with Crippen LogP contribution in [0.2, 0.25) is 0 Å². The van der Waals surface area contributed by atoms with Crippen molar-refractivity contribution in [2.45, 2.75) is 85.8 Å². The number of carbonyl (C=O) groups is 3. The number of carboxylic acid groups (broad SMARTS) is 1. The number of pyridine rings is 1. The Balaban J connectivity index is 1.77. The van der Waals surface area contributed by atoms with Crippen molar-refractivity contribution in [3.63, 3.8) is 0 Å². The molecular weight excluding hydrogens is 532 g/mol. The molecular formula is C34H42N2O6. The monoisotopic (exact) mass is 574 g/mol. The van der Waals surface area contributed by atoms with Gasteiger partial charge in [0, 0.05) is 54.5 Å². The molecule has 8 heteroatoms. The Bertz CT molecular complexity index is 1490. The van der Waals surface area contributed by atoms with E-state index < -0.39 is 17.8 Å². The number of aromatic nitrogens is 1. The fourth-order valence-corrected chi connectivity index (χ4v) is 7.40. The molecule has 1 aromatic carbocycles. The van der Waals surface area contributed by atoms with Gasteiger partial charge >= 0.3 is 5.97 Å². The number of allylic oxidation sites excluding steroid dienone is 2. The number of ether oxygens (including phenoxy) is 2. The molecule has 1 fully saturated rings. The second kappa shape index (κ2) is 10.9. The minimum absolute atomic E-state index is 0.000214. The number of aryl methyl sites for hydroxylation is 1. The highest BCUT2D eigenvalue weighted by Gasteiger charge is 2.55. The van der Waals surface area contributed by atoms with Gasteiger partial charge in [-0.15, -0.1) is 0 Å². The van der Waals surface area contributed by atoms with Crippen molar-refractivity contribution in [1.29, 1.82) is 0 Å². The molecule has 1 saturated heterocycles. The van der Waals surface area contributed by atoms with Gasteiger partial charge in [0.05, 0.1) is 18.7 Å². The van der Waals surface area contributed by atoms with Gasteiger partial charge < -0.3 is 19.5 Å². The number of piperidine rings is 1. The van der Waals surface area contributed by atoms with Crippen molar-refractivity contribution in [3.8, 4) is 17.0 Å². The molecule has 0 spiro atoms. The number of carboxylic acids is 1. The van der Waals surface area contributed by atoms with Crippen LogP contribution in [0.15, 0.2) is 35.6 Å². The first-order valence-electron chi connectivity index (χ1n) is 14.9. The van der Waals surface area contributed by atoms with Crippen LogP contribution in [0.3, 0.4) is 0 Å². The van der Waals surface area contributed by atoms with Gasteiger partial charge in [0.15, 0.2) is 5.78 Å². The maximum atomic E-state index is 14.4. The summed E-state index contributed by atoms with van der Waals surface area (Å²) in [6.45, 7) is 14.8. The summed E-state index contributed by atoms with van der Waals surface area (Å²) in [5, 5.41) is 9.68. The van der Waals surface area contributed by atoms with E-state index in [9.17, 15) is 19.5 Å². The summed E-state index contributed by atoms with van der Waals surface area (Å²) < 4.78 is 12.6. The molecule has 1 aromatic heterocycles. The summed E-state index contributed by atoms with van der Waals surface area (Å²) in [7, 11) is 1.60. The van der Waals surface area contributed by atoms with E-state index in [1.54, 1.807) is 13.2 Å². The van der Waals surface area contributed by atoms with Crippen LogP contribution < -0.4 is 4.74 Å². The number of benzene rings is 1. The lowest BCUT2D eigenvalue weighted by atomic mass is 9.64. The van der Waals surface area contributed by atoms with Crippen molar-refractivity contribution in [3.05, 3.63) is 58.0 Å². The van der Waals surface area contributed by atoms with Crippen LogP contribution in [0.4, 0.5) is 0 Å². The van der Waals surface area contributed by atoms with Crippen LogP contribution in [-0.2, 0) is 14.3 Å². The molecule has 3 heterocycles. The number of amides is 1. The average molecular weight is 575 g/mol. The predicted molar refractivity (Wildman–Crippen MR) is 159 cm³/mol. The summed E-state index contributed by atoms with van der Waals surface area (Å²) in [6.07, 6.45) is 1.30. The minimum atomic E-state index is -1.10. The Labute approximate surface area is 248 Å². The van der Waals surface area contributed by atoms with E-state index in [0.717, 1.165) is 22.3 Å². The molecule has 0 radical (unpaired) electrons. The van der Waals surface area contributed by atoms with Crippen LogP contribution in [0.1, 0.15) is 87.0 Å². The van der Waals surface area contributed by atoms with Gasteiger partial charge in [-0.2, -0.15) is 0 Å². The first-order valence-corrected chi connectivity index (χ1v) is 14.9. The van der Waals surface area contributed by atoms with Crippen LogP contribution in [0, 0.1) is 31.1 Å². The molecule has 0 saturated carbocycles. The van der Waals surface area contributed by atoms with Crippen LogP contribution in [0.5, 0.6) is 5.75 Å². The smallest absolute Gasteiger partial charge is 0.354 e. The number of hydrogen-bond acceptors (Lipinski definition) is 6. The molecule has 2 aromatic rings. The van der Waals surface area contributed by atoms with Crippen molar-refractivity contribution in [2.75, 3.05) is 13.7 Å². The molecule has 8 nitrogen and oxygen atoms in total. The Morgan fingerprint density at radius 1 is 1.19 bits per heavy atom. The quantitative estimate of drug-likeness (QED) is 0.445. The SMILES string of the molecule is CCN1C(=O)[C@H]2[C@H](C[C@H]1C(C)C)OC1=C(C(=O)CC(C)(C)C1)[C@@H]2c1c(OC)ccc(-c2cc(C)cc(C(=O)O)n2)c1C. The van der Waals surface area contributed by atoms with E-state index in [4.69, 9.17) is 9.47 Å². The summed E-state index contributed by atoms with van der Waals surface area (Å²) in [4.78, 5) is 46.6. The highest BCUT2D eigenvalue weighted by atomic mass is 16.5. The van der Waals surface area contributed by atoms with E-state index in [1.165, 1.54) is 0 Å². The second-order valence-electron chi connectivity index (χ2n) is 13.2. The minimum Gasteiger partial charge on any atom is -0.496 e. The molecule has 0 bridgehead atoms. The summed E-state index contributed by atoms with van der Waals surface area (Å²) in [5.41, 5.74) is 3.89. The van der Waals surface area contributed by atoms with Gasteiger partial charge in [-0.25, -0.2) is 9.78 Å². The van der Waals surface area contributed by atoms with Crippen molar-refractivity contribution >= 4 is 17.7 Å². The number of hydrogen-bond donors (Lipinski definition) is 1. The molecule has 224 valence electrons. The molecule has 1 amide bonds. The number of carbonyl (C=O) groups excluding carboxylic acids is 2. The predicted octanol–water partition coefficient (Wildman–Crippen LogP) is 6.09. The normalized spacial score (nSPS) is 25.2. The number of likely N-dealkylation sites (tertiary alicyclic amines) is 1. The molecule has 5 rings (SSSR count). The largest absolute Gasteiger partial charge is 0.496 e. The Morgan fingerprint density at radius 2 is 1.90 bits per heavy atom. The standard InChI is InChI=1S/C34H42N2O6/c1-9-36-23(17(2)3)14-26-30(32(36)38)31(29-24(37)15-34(6,7)16-27(29)42-26)28-19(5)20(10-11-25(28)41-8)21-12-18(4)13-22(35-21)33(39)40/h10-13,17,23,26,30-31H,9,14-16H2,1-8H3,(H,39,40)/t23-,26-,30-,31-/m0/s1. The third-order valence-corrected chi connectivity index (χ3v) is 9.27. The number of aromatic carboxylic acids is 1. The highest BCUT2D eigenvalue weighted by molar-refractivity contribution is 6.01. The lowest BCUT2D eigenvalue weighted by Gasteiger charge is -2.51. The van der Waals surface area contributed by atoms with E-state index in [1.807, 2.05) is 43.9 Å². The summed E-state index contributed by atoms with van der Waals surface area (Å²) >= 11 is 0. The molecule has 4 atom stereocenters. The van der Waals surface area contributed by atoms with Crippen molar-refractivity contribution < 1.29 is 29.0 Å². The second-order valence-corrected chi connectivity index (χ2v) is 13.2. The van der Waals surface area contributed by atoms with Gasteiger partial charge in [0.1, 0.15) is 23.3 Å². The van der Waals surface area contributed by atoms with Crippen molar-refractivity contribution in [1.82, 2.24) is 9.88 Å². The molecule has 1 aliphatic carbocycles. The van der Waals surface area contributed by atoms with Gasteiger partial charge in [0.2, 0.25) is 5.91 Å². The first kappa shape index (κ1) is 29.8. The Hall–Kier alpha value is -3.68. The summed E-state index contributed by atoms with van der Waals surface area (Å²) in [5.74, 6) is -0.725. The van der Waals surface area contributed by atoms with E-state index in [2.05, 4.69) is 32.7 Å². The lowest BCUT2D eigenvalue weighted by Crippen LogP contribution is -2.59. The lowest BCUT2D eigenvalue weighted by molar-refractivity contribution is -0.156. The maximum Gasteiger partial charge on any atom is 0.354 e. The van der Waals surface area contributed by atoms with E-state index in [0.29, 0.717) is 48.6 Å². The number of fused-ring (bicyclic) bond motifs is 1. The van der Waals surface area contributed by atoms with Gasteiger partial charge in [-0.05, 0) is 67.5 Å². The fourth-order valence-electron chi connectivity index (χ4n) is 7.40. The molecule has 42 heavy (non-hydrogen) atoms. The number of methoxy groups -OCH3 is 1. The van der Waals surface area contributed by atoms with Crippen LogP contribution >= 0.6 is 0 Å². The third kappa shape index (κ3) is 4.99. The number of rotatable bonds is 6. The zero-order valence-electron chi connectivity index (χ0n) is 25.9. The molecule has 2 aliphatic heterocycles. The molecule has 0 unspecified atom stereocenters. The van der Waals surface area contributed by atoms with E-state index in [-0.39, 0.29) is 40.9 Å². The topological polar surface area (TPSA) is 106 Å². The highest BCUT2D eigenvalue weighted by Crippen LogP contribution is 2.55. The Kier molecular flexibility index (Phi) is 7.71. The van der Waals surface area contributed by atoms with E-state index >= 15 is 0 Å². The molecule has 3 aliphatic rings. The average Bonchev–Trinajstić information content (AvgIpc) is 2.90. The zero-order valence-corrected chi connectivity index (χ0v) is 25.9. The number of Topliss-reactive ketones (excluding diaryl/α,β-unsaturated/α-hetero) is 1. The maximum absolute atomic E-state index is 14.4. The van der Waals surface area contributed by atoms with Crippen LogP contribution in [-0.4, -0.2) is 58.5 Å². The number of ketones is 1.